The second kappa shape index (κ2) is 7.08. The number of ether oxygens (including phenoxy) is 1. The molecule has 4 nitrogen and oxygen atoms in total. The lowest BCUT2D eigenvalue weighted by Gasteiger charge is -2.34. The van der Waals surface area contributed by atoms with Gasteiger partial charge in [0.05, 0.1) is 6.07 Å². The van der Waals surface area contributed by atoms with Gasteiger partial charge in [-0.2, -0.15) is 5.26 Å². The smallest absolute Gasteiger partial charge is 0.105 e. The summed E-state index contributed by atoms with van der Waals surface area (Å²) in [5.41, 5.74) is -0.423. The predicted molar refractivity (Wildman–Crippen MR) is 73.4 cm³/mol. The van der Waals surface area contributed by atoms with E-state index < -0.39 is 5.54 Å². The molecule has 104 valence electrons. The number of nitrogens with one attached hydrogen (secondary N) is 1. The summed E-state index contributed by atoms with van der Waals surface area (Å²) in [6.07, 6.45) is 3.07. The van der Waals surface area contributed by atoms with E-state index >= 15 is 0 Å². The third kappa shape index (κ3) is 4.93. The Balaban J connectivity index is 2.39. The van der Waals surface area contributed by atoms with Gasteiger partial charge in [-0.25, -0.2) is 0 Å². The Morgan fingerprint density at radius 3 is 2.56 bits per heavy atom. The Morgan fingerprint density at radius 1 is 1.44 bits per heavy atom. The van der Waals surface area contributed by atoms with Gasteiger partial charge >= 0.3 is 0 Å². The molecule has 1 unspecified atom stereocenters. The summed E-state index contributed by atoms with van der Waals surface area (Å²) in [6.45, 7) is 8.85. The van der Waals surface area contributed by atoms with Crippen LogP contribution >= 0.6 is 0 Å². The Kier molecular flexibility index (Phi) is 6.07. The zero-order valence-electron chi connectivity index (χ0n) is 12.2. The summed E-state index contributed by atoms with van der Waals surface area (Å²) < 4.78 is 5.38. The fourth-order valence-electron chi connectivity index (χ4n) is 2.51. The van der Waals surface area contributed by atoms with Crippen LogP contribution in [-0.4, -0.2) is 49.3 Å². The Bertz CT molecular complexity index is 281. The zero-order valence-corrected chi connectivity index (χ0v) is 12.2. The first kappa shape index (κ1) is 15.4. The minimum Gasteiger partial charge on any atom is -0.381 e. The van der Waals surface area contributed by atoms with Crippen molar-refractivity contribution in [2.45, 2.75) is 57.7 Å². The van der Waals surface area contributed by atoms with Gasteiger partial charge in [-0.3, -0.25) is 5.32 Å². The molecule has 0 aromatic rings. The first-order valence-corrected chi connectivity index (χ1v) is 6.94. The lowest BCUT2D eigenvalue weighted by atomic mass is 9.97. The lowest BCUT2D eigenvalue weighted by molar-refractivity contribution is 0.0412. The van der Waals surface area contributed by atoms with E-state index in [0.29, 0.717) is 12.1 Å². The van der Waals surface area contributed by atoms with Crippen LogP contribution in [0, 0.1) is 11.3 Å². The predicted octanol–water partition coefficient (Wildman–Crippen LogP) is 1.77. The van der Waals surface area contributed by atoms with Crippen molar-refractivity contribution in [3.8, 4) is 6.07 Å². The molecule has 1 aliphatic heterocycles. The largest absolute Gasteiger partial charge is 0.381 e. The molecule has 1 fully saturated rings. The van der Waals surface area contributed by atoms with Crippen molar-refractivity contribution in [3.63, 3.8) is 0 Å². The van der Waals surface area contributed by atoms with Crippen molar-refractivity contribution >= 4 is 0 Å². The Morgan fingerprint density at radius 2 is 2.06 bits per heavy atom. The molecular formula is C14H27N3O. The first-order valence-electron chi connectivity index (χ1n) is 6.94. The van der Waals surface area contributed by atoms with E-state index in [1.807, 2.05) is 6.92 Å². The van der Waals surface area contributed by atoms with Crippen molar-refractivity contribution < 1.29 is 4.74 Å². The lowest BCUT2D eigenvalue weighted by Crippen LogP contribution is -2.48. The highest BCUT2D eigenvalue weighted by atomic mass is 16.5. The molecule has 1 atom stereocenters. The second-order valence-electron chi connectivity index (χ2n) is 5.82. The molecule has 1 aliphatic rings. The molecule has 18 heavy (non-hydrogen) atoms. The molecule has 0 radical (unpaired) electrons. The van der Waals surface area contributed by atoms with Crippen LogP contribution < -0.4 is 5.32 Å². The maximum Gasteiger partial charge on any atom is 0.105 e. The molecular weight excluding hydrogens is 226 g/mol. The number of rotatable bonds is 6. The second-order valence-corrected chi connectivity index (χ2v) is 5.82. The van der Waals surface area contributed by atoms with Crippen LogP contribution in [0.25, 0.3) is 0 Å². The third-order valence-electron chi connectivity index (χ3n) is 3.63. The molecule has 4 heteroatoms. The molecule has 0 aromatic heterocycles. The highest BCUT2D eigenvalue weighted by Gasteiger charge is 2.26. The molecule has 0 aromatic carbocycles. The minimum absolute atomic E-state index is 0.336. The Hall–Kier alpha value is -0.630. The van der Waals surface area contributed by atoms with Crippen LogP contribution in [0.4, 0.5) is 0 Å². The van der Waals surface area contributed by atoms with Gasteiger partial charge in [0.1, 0.15) is 5.54 Å². The first-order chi connectivity index (χ1) is 8.47. The summed E-state index contributed by atoms with van der Waals surface area (Å²) in [5, 5.41) is 12.7. The van der Waals surface area contributed by atoms with Gasteiger partial charge in [-0.1, -0.05) is 0 Å². The van der Waals surface area contributed by atoms with Crippen LogP contribution in [0.5, 0.6) is 0 Å². The van der Waals surface area contributed by atoms with Crippen molar-refractivity contribution in [1.29, 1.82) is 5.26 Å². The maximum absolute atomic E-state index is 9.31. The molecule has 0 aliphatic carbocycles. The Labute approximate surface area is 111 Å². The normalized spacial score (nSPS) is 20.9. The van der Waals surface area contributed by atoms with E-state index in [-0.39, 0.29) is 0 Å². The number of nitriles is 1. The molecule has 0 spiro atoms. The van der Waals surface area contributed by atoms with Gasteiger partial charge in [0.15, 0.2) is 0 Å². The molecule has 0 saturated carbocycles. The van der Waals surface area contributed by atoms with Crippen LogP contribution in [0.2, 0.25) is 0 Å². The number of nitrogens with zero attached hydrogens (tertiary/aromatic N) is 2. The van der Waals surface area contributed by atoms with E-state index in [0.717, 1.165) is 39.0 Å². The molecule has 0 bridgehead atoms. The van der Waals surface area contributed by atoms with Gasteiger partial charge in [0.25, 0.3) is 0 Å². The molecule has 1 saturated heterocycles. The van der Waals surface area contributed by atoms with Gasteiger partial charge in [0, 0.05) is 31.8 Å². The van der Waals surface area contributed by atoms with E-state index in [9.17, 15) is 5.26 Å². The van der Waals surface area contributed by atoms with Gasteiger partial charge in [0.2, 0.25) is 0 Å². The molecule has 0 amide bonds. The van der Waals surface area contributed by atoms with Crippen molar-refractivity contribution in [2.75, 3.05) is 26.8 Å². The van der Waals surface area contributed by atoms with Crippen LogP contribution in [0.1, 0.15) is 40.0 Å². The number of hydrogen-bond donors (Lipinski definition) is 1. The summed E-state index contributed by atoms with van der Waals surface area (Å²) in [6, 6.07) is 3.35. The topological polar surface area (TPSA) is 48.3 Å². The van der Waals surface area contributed by atoms with E-state index in [2.05, 4.69) is 37.2 Å². The third-order valence-corrected chi connectivity index (χ3v) is 3.63. The van der Waals surface area contributed by atoms with Gasteiger partial charge in [-0.05, 0) is 47.1 Å². The van der Waals surface area contributed by atoms with Crippen molar-refractivity contribution in [1.82, 2.24) is 10.2 Å². The van der Waals surface area contributed by atoms with Gasteiger partial charge < -0.3 is 9.64 Å². The van der Waals surface area contributed by atoms with E-state index in [1.54, 1.807) is 0 Å². The SMILES string of the molecule is CC(C)NC(C)(C#N)CCN(C)C1CCOCC1. The van der Waals surface area contributed by atoms with Crippen molar-refractivity contribution in [3.05, 3.63) is 0 Å². The van der Waals surface area contributed by atoms with Crippen LogP contribution in [0.3, 0.4) is 0 Å². The molecule has 1 rings (SSSR count). The average Bonchev–Trinajstić information content (AvgIpc) is 2.36. The minimum atomic E-state index is -0.423. The summed E-state index contributed by atoms with van der Waals surface area (Å²) in [5.74, 6) is 0. The van der Waals surface area contributed by atoms with E-state index in [1.165, 1.54) is 0 Å². The average molecular weight is 253 g/mol. The standard InChI is InChI=1S/C14H27N3O/c1-12(2)16-14(3,11-15)7-8-17(4)13-5-9-18-10-6-13/h12-13,16H,5-10H2,1-4H3. The van der Waals surface area contributed by atoms with E-state index in [4.69, 9.17) is 4.74 Å². The molecule has 1 heterocycles. The van der Waals surface area contributed by atoms with Crippen LogP contribution in [0.15, 0.2) is 0 Å². The monoisotopic (exact) mass is 253 g/mol. The highest BCUT2D eigenvalue weighted by molar-refractivity contribution is 5.04. The zero-order chi connectivity index (χ0) is 13.6. The fourth-order valence-corrected chi connectivity index (χ4v) is 2.51. The summed E-state index contributed by atoms with van der Waals surface area (Å²) >= 11 is 0. The maximum atomic E-state index is 9.31. The summed E-state index contributed by atoms with van der Waals surface area (Å²) in [7, 11) is 2.16. The quantitative estimate of drug-likeness (QED) is 0.783. The molecule has 1 N–H and O–H groups in total. The van der Waals surface area contributed by atoms with Crippen molar-refractivity contribution in [2.24, 2.45) is 0 Å². The summed E-state index contributed by atoms with van der Waals surface area (Å²) in [4.78, 5) is 2.38. The number of hydrogen-bond acceptors (Lipinski definition) is 4. The van der Waals surface area contributed by atoms with Crippen LogP contribution in [-0.2, 0) is 4.74 Å². The highest BCUT2D eigenvalue weighted by Crippen LogP contribution is 2.16. The van der Waals surface area contributed by atoms with Gasteiger partial charge in [-0.15, -0.1) is 0 Å². The fraction of sp³-hybridized carbons (Fsp3) is 0.929.